The summed E-state index contributed by atoms with van der Waals surface area (Å²) in [7, 11) is 0. The van der Waals surface area contributed by atoms with Crippen molar-refractivity contribution in [2.45, 2.75) is 31.3 Å². The summed E-state index contributed by atoms with van der Waals surface area (Å²) in [5.41, 5.74) is 1.78. The average Bonchev–Trinajstić information content (AvgIpc) is 2.79. The third-order valence-corrected chi connectivity index (χ3v) is 6.42. The van der Waals surface area contributed by atoms with Gasteiger partial charge in [-0.15, -0.1) is 0 Å². The Morgan fingerprint density at radius 3 is 2.27 bits per heavy atom. The molecule has 0 radical (unpaired) electrons. The molecular weight excluding hydrogens is 429 g/mol. The molecule has 0 bridgehead atoms. The lowest BCUT2D eigenvalue weighted by Gasteiger charge is -2.45. The Hall–Kier alpha value is -3.32. The molecule has 0 aromatic heterocycles. The lowest BCUT2D eigenvalue weighted by Crippen LogP contribution is -2.58. The first kappa shape index (κ1) is 22.9. The van der Waals surface area contributed by atoms with Crippen LogP contribution in [0.15, 0.2) is 66.7 Å². The quantitative estimate of drug-likeness (QED) is 0.515. The minimum absolute atomic E-state index is 0.116. The van der Waals surface area contributed by atoms with E-state index in [2.05, 4.69) is 5.32 Å². The van der Waals surface area contributed by atoms with Gasteiger partial charge in [0.1, 0.15) is 17.5 Å². The highest BCUT2D eigenvalue weighted by molar-refractivity contribution is 5.77. The molecule has 1 unspecified atom stereocenters. The molecule has 0 spiro atoms. The van der Waals surface area contributed by atoms with Crippen LogP contribution in [0.2, 0.25) is 0 Å². The zero-order valence-corrected chi connectivity index (χ0v) is 18.2. The van der Waals surface area contributed by atoms with E-state index in [0.717, 1.165) is 17.2 Å². The fraction of sp³-hybridized carbons (Fsp3) is 0.269. The van der Waals surface area contributed by atoms with Crippen LogP contribution in [0.1, 0.15) is 36.9 Å². The minimum atomic E-state index is -0.764. The van der Waals surface area contributed by atoms with Crippen molar-refractivity contribution in [3.8, 4) is 11.1 Å². The van der Waals surface area contributed by atoms with Gasteiger partial charge in [-0.1, -0.05) is 36.4 Å². The number of hydrogen-bond donors (Lipinski definition) is 2. The topological polar surface area (TPSA) is 52.6 Å². The first-order chi connectivity index (χ1) is 15.8. The molecule has 3 aromatic rings. The fourth-order valence-corrected chi connectivity index (χ4v) is 4.47. The van der Waals surface area contributed by atoms with Crippen molar-refractivity contribution in [1.29, 1.82) is 0 Å². The maximum atomic E-state index is 14.1. The molecular formula is C26H25F3N2O2. The van der Waals surface area contributed by atoms with Crippen molar-refractivity contribution in [1.82, 2.24) is 10.2 Å². The number of carbonyl (C=O) groups excluding carboxylic acids is 1. The van der Waals surface area contributed by atoms with Crippen LogP contribution < -0.4 is 5.32 Å². The highest BCUT2D eigenvalue weighted by Crippen LogP contribution is 2.35. The Balaban J connectivity index is 1.52. The van der Waals surface area contributed by atoms with Gasteiger partial charge in [-0.3, -0.25) is 0 Å². The van der Waals surface area contributed by atoms with Crippen molar-refractivity contribution in [2.75, 3.05) is 13.2 Å². The summed E-state index contributed by atoms with van der Waals surface area (Å²) >= 11 is 0. The molecule has 1 fully saturated rings. The van der Waals surface area contributed by atoms with E-state index >= 15 is 0 Å². The maximum Gasteiger partial charge on any atom is 0.318 e. The van der Waals surface area contributed by atoms with Gasteiger partial charge in [0, 0.05) is 24.8 Å². The lowest BCUT2D eigenvalue weighted by molar-refractivity contribution is 0.110. The molecule has 172 valence electrons. The number of nitrogens with zero attached hydrogens (tertiary/aromatic N) is 1. The van der Waals surface area contributed by atoms with Crippen LogP contribution in [0, 0.1) is 17.5 Å². The Morgan fingerprint density at radius 2 is 1.67 bits per heavy atom. The summed E-state index contributed by atoms with van der Waals surface area (Å²) in [6, 6.07) is 16.1. The van der Waals surface area contributed by atoms with E-state index in [4.69, 9.17) is 0 Å². The van der Waals surface area contributed by atoms with Gasteiger partial charge >= 0.3 is 6.03 Å². The number of amides is 2. The largest absolute Gasteiger partial charge is 0.396 e. The number of aliphatic hydroxyl groups is 1. The molecule has 0 saturated carbocycles. The van der Waals surface area contributed by atoms with Gasteiger partial charge in [0.05, 0.1) is 11.6 Å². The highest BCUT2D eigenvalue weighted by atomic mass is 19.1. The first-order valence-corrected chi connectivity index (χ1v) is 10.8. The van der Waals surface area contributed by atoms with Crippen molar-refractivity contribution >= 4 is 6.03 Å². The molecule has 7 heteroatoms. The minimum Gasteiger partial charge on any atom is -0.396 e. The normalized spacial score (nSPS) is 19.3. The monoisotopic (exact) mass is 454 g/mol. The number of halogens is 3. The number of urea groups is 1. The first-order valence-electron chi connectivity index (χ1n) is 10.8. The lowest BCUT2D eigenvalue weighted by atomic mass is 9.82. The molecule has 33 heavy (non-hydrogen) atoms. The van der Waals surface area contributed by atoms with E-state index in [0.29, 0.717) is 30.5 Å². The van der Waals surface area contributed by atoms with Crippen molar-refractivity contribution in [2.24, 2.45) is 0 Å². The van der Waals surface area contributed by atoms with Gasteiger partial charge in [-0.05, 0) is 60.7 Å². The van der Waals surface area contributed by atoms with Crippen LogP contribution in [0.3, 0.4) is 0 Å². The van der Waals surface area contributed by atoms with Crippen LogP contribution in [0.5, 0.6) is 0 Å². The SMILES string of the molecule is C[C@@H](c1ccc(-c2ccc(F)cc2F)cc1)N1CCC(CCO)(c2ccc(F)cc2)NC1=O. The highest BCUT2D eigenvalue weighted by Gasteiger charge is 2.40. The van der Waals surface area contributed by atoms with Crippen LogP contribution in [0.4, 0.5) is 18.0 Å². The van der Waals surface area contributed by atoms with Crippen molar-refractivity contribution in [3.05, 3.63) is 95.3 Å². The smallest absolute Gasteiger partial charge is 0.318 e. The van der Waals surface area contributed by atoms with E-state index in [1.165, 1.54) is 24.3 Å². The summed E-state index contributed by atoms with van der Waals surface area (Å²) in [5, 5.41) is 12.6. The molecule has 1 saturated heterocycles. The van der Waals surface area contributed by atoms with Gasteiger partial charge in [0.25, 0.3) is 0 Å². The van der Waals surface area contributed by atoms with Crippen LogP contribution >= 0.6 is 0 Å². The zero-order chi connectivity index (χ0) is 23.6. The van der Waals surface area contributed by atoms with E-state index in [-0.39, 0.29) is 24.5 Å². The van der Waals surface area contributed by atoms with Gasteiger partial charge in [-0.25, -0.2) is 18.0 Å². The third-order valence-electron chi connectivity index (χ3n) is 6.42. The fourth-order valence-electron chi connectivity index (χ4n) is 4.47. The van der Waals surface area contributed by atoms with Gasteiger partial charge in [-0.2, -0.15) is 0 Å². The Labute approximate surface area is 190 Å². The average molecular weight is 454 g/mol. The van der Waals surface area contributed by atoms with Gasteiger partial charge < -0.3 is 15.3 Å². The molecule has 0 aliphatic carbocycles. The molecule has 2 amide bonds. The number of benzene rings is 3. The molecule has 1 heterocycles. The van der Waals surface area contributed by atoms with E-state index < -0.39 is 17.2 Å². The molecule has 2 N–H and O–H groups in total. The second-order valence-electron chi connectivity index (χ2n) is 8.36. The van der Waals surface area contributed by atoms with E-state index in [9.17, 15) is 23.1 Å². The second kappa shape index (κ2) is 9.27. The maximum absolute atomic E-state index is 14.1. The summed E-state index contributed by atoms with van der Waals surface area (Å²) in [4.78, 5) is 14.8. The number of carbonyl (C=O) groups is 1. The summed E-state index contributed by atoms with van der Waals surface area (Å²) in [6.45, 7) is 2.23. The molecule has 1 aliphatic heterocycles. The second-order valence-corrected chi connectivity index (χ2v) is 8.36. The van der Waals surface area contributed by atoms with E-state index in [1.807, 2.05) is 19.1 Å². The zero-order valence-electron chi connectivity index (χ0n) is 18.2. The van der Waals surface area contributed by atoms with Crippen molar-refractivity contribution < 1.29 is 23.1 Å². The molecule has 4 rings (SSSR count). The van der Waals surface area contributed by atoms with Gasteiger partial charge in [0.2, 0.25) is 0 Å². The molecule has 4 nitrogen and oxygen atoms in total. The van der Waals surface area contributed by atoms with Crippen LogP contribution in [0.25, 0.3) is 11.1 Å². The van der Waals surface area contributed by atoms with Crippen LogP contribution in [-0.4, -0.2) is 29.2 Å². The van der Waals surface area contributed by atoms with Gasteiger partial charge in [0.15, 0.2) is 0 Å². The Kier molecular flexibility index (Phi) is 6.42. The number of aliphatic hydroxyl groups excluding tert-OH is 1. The molecule has 3 aromatic carbocycles. The summed E-state index contributed by atoms with van der Waals surface area (Å²) < 4.78 is 40.7. The third kappa shape index (κ3) is 4.59. The predicted molar refractivity (Wildman–Crippen MR) is 120 cm³/mol. The van der Waals surface area contributed by atoms with E-state index in [1.54, 1.807) is 29.2 Å². The number of hydrogen-bond acceptors (Lipinski definition) is 2. The number of rotatable bonds is 6. The standard InChI is InChI=1S/C26H25F3N2O2/c1-17(18-2-4-19(5-3-18)23-11-10-22(28)16-24(23)29)31-14-12-26(13-15-32,30-25(31)33)20-6-8-21(27)9-7-20/h2-11,16-17,32H,12-15H2,1H3,(H,30,33)/t17-,26?/m0/s1. The van der Waals surface area contributed by atoms with Crippen LogP contribution in [-0.2, 0) is 5.54 Å². The van der Waals surface area contributed by atoms with Crippen molar-refractivity contribution in [3.63, 3.8) is 0 Å². The Bertz CT molecular complexity index is 1140. The summed E-state index contributed by atoms with van der Waals surface area (Å²) in [5.74, 6) is -1.62. The summed E-state index contributed by atoms with van der Waals surface area (Å²) in [6.07, 6.45) is 0.874. The molecule has 2 atom stereocenters. The Morgan fingerprint density at radius 1 is 1.00 bits per heavy atom. The number of nitrogens with one attached hydrogen (secondary N) is 1. The predicted octanol–water partition coefficient (Wildman–Crippen LogP) is 5.53. The molecule has 1 aliphatic rings.